The summed E-state index contributed by atoms with van der Waals surface area (Å²) in [5.41, 5.74) is 1.95. The number of furan rings is 1. The van der Waals surface area contributed by atoms with Gasteiger partial charge >= 0.3 is 0 Å². The predicted molar refractivity (Wildman–Crippen MR) is 111 cm³/mol. The Bertz CT molecular complexity index is 998. The van der Waals surface area contributed by atoms with E-state index >= 15 is 0 Å². The first kappa shape index (κ1) is 18.3. The first-order valence-corrected chi connectivity index (χ1v) is 10.7. The van der Waals surface area contributed by atoms with Crippen molar-refractivity contribution in [1.29, 1.82) is 0 Å². The van der Waals surface area contributed by atoms with E-state index in [9.17, 15) is 4.79 Å². The molecule has 4 heterocycles. The Morgan fingerprint density at radius 1 is 1.17 bits per heavy atom. The smallest absolute Gasteiger partial charge is 0.238 e. The van der Waals surface area contributed by atoms with Crippen LogP contribution in [0.25, 0.3) is 0 Å². The zero-order valence-corrected chi connectivity index (χ0v) is 16.7. The van der Waals surface area contributed by atoms with Gasteiger partial charge in [0.15, 0.2) is 11.5 Å². The molecule has 7 heteroatoms. The molecule has 29 heavy (non-hydrogen) atoms. The summed E-state index contributed by atoms with van der Waals surface area (Å²) in [6.07, 6.45) is 3.48. The third-order valence-electron chi connectivity index (χ3n) is 5.26. The minimum Gasteiger partial charge on any atom is -0.490 e. The molecular formula is C22H22N2O4S. The molecule has 2 aliphatic rings. The van der Waals surface area contributed by atoms with Crippen LogP contribution in [0.15, 0.2) is 52.5 Å². The fourth-order valence-corrected chi connectivity index (χ4v) is 4.85. The van der Waals surface area contributed by atoms with Crippen LogP contribution in [0.3, 0.4) is 0 Å². The van der Waals surface area contributed by atoms with E-state index in [2.05, 4.69) is 21.7 Å². The number of fused-ring (bicyclic) bond motifs is 2. The lowest BCUT2D eigenvalue weighted by molar-refractivity contribution is -0.117. The largest absolute Gasteiger partial charge is 0.490 e. The van der Waals surface area contributed by atoms with Crippen LogP contribution in [-0.2, 0) is 11.2 Å². The van der Waals surface area contributed by atoms with E-state index in [1.54, 1.807) is 17.6 Å². The summed E-state index contributed by atoms with van der Waals surface area (Å²) in [4.78, 5) is 16.4. The highest BCUT2D eigenvalue weighted by molar-refractivity contribution is 7.10. The van der Waals surface area contributed by atoms with Crippen molar-refractivity contribution in [1.82, 2.24) is 4.90 Å². The Morgan fingerprint density at radius 3 is 2.93 bits per heavy atom. The number of nitrogens with one attached hydrogen (secondary N) is 1. The number of benzene rings is 1. The van der Waals surface area contributed by atoms with Gasteiger partial charge in [-0.3, -0.25) is 9.69 Å². The molecule has 6 nitrogen and oxygen atoms in total. The molecule has 0 spiro atoms. The van der Waals surface area contributed by atoms with Gasteiger partial charge in [-0.05, 0) is 47.7 Å². The van der Waals surface area contributed by atoms with Crippen LogP contribution in [0, 0.1) is 0 Å². The van der Waals surface area contributed by atoms with Crippen LogP contribution in [0.4, 0.5) is 5.69 Å². The van der Waals surface area contributed by atoms with E-state index in [0.29, 0.717) is 24.7 Å². The summed E-state index contributed by atoms with van der Waals surface area (Å²) < 4.78 is 17.1. The van der Waals surface area contributed by atoms with Gasteiger partial charge in [-0.1, -0.05) is 0 Å². The quantitative estimate of drug-likeness (QED) is 0.702. The summed E-state index contributed by atoms with van der Waals surface area (Å²) in [5, 5.41) is 5.11. The molecule has 3 aromatic rings. The number of hydrogen-bond donors (Lipinski definition) is 1. The molecule has 0 unspecified atom stereocenters. The molecule has 1 amide bonds. The first-order chi connectivity index (χ1) is 14.3. The fraction of sp³-hybridized carbons (Fsp3) is 0.318. The van der Waals surface area contributed by atoms with E-state index < -0.39 is 0 Å². The lowest BCUT2D eigenvalue weighted by Crippen LogP contribution is -2.40. The number of hydrogen-bond acceptors (Lipinski definition) is 6. The van der Waals surface area contributed by atoms with E-state index in [-0.39, 0.29) is 18.5 Å². The zero-order chi connectivity index (χ0) is 19.6. The number of carbonyl (C=O) groups excluding carboxylic acids is 1. The van der Waals surface area contributed by atoms with Crippen molar-refractivity contribution < 1.29 is 18.7 Å². The lowest BCUT2D eigenvalue weighted by Gasteiger charge is -2.34. The molecule has 0 aliphatic carbocycles. The van der Waals surface area contributed by atoms with E-state index in [0.717, 1.165) is 30.9 Å². The van der Waals surface area contributed by atoms with Gasteiger partial charge in [-0.15, -0.1) is 11.3 Å². The molecule has 1 N–H and O–H groups in total. The molecule has 5 rings (SSSR count). The van der Waals surface area contributed by atoms with E-state index in [1.165, 1.54) is 10.4 Å². The monoisotopic (exact) mass is 410 g/mol. The predicted octanol–water partition coefficient (Wildman–Crippen LogP) is 4.09. The van der Waals surface area contributed by atoms with Crippen molar-refractivity contribution in [2.45, 2.75) is 18.9 Å². The van der Waals surface area contributed by atoms with Gasteiger partial charge in [0.25, 0.3) is 0 Å². The molecule has 0 saturated carbocycles. The third kappa shape index (κ3) is 3.75. The van der Waals surface area contributed by atoms with Crippen LogP contribution < -0.4 is 14.8 Å². The molecule has 1 aromatic carbocycles. The van der Waals surface area contributed by atoms with Crippen molar-refractivity contribution in [3.63, 3.8) is 0 Å². The van der Waals surface area contributed by atoms with Crippen LogP contribution in [0.2, 0.25) is 0 Å². The average Bonchev–Trinajstić information content (AvgIpc) is 3.36. The normalized spacial score (nSPS) is 18.7. The lowest BCUT2D eigenvalue weighted by atomic mass is 9.98. The third-order valence-corrected chi connectivity index (χ3v) is 6.25. The molecule has 0 fully saturated rings. The van der Waals surface area contributed by atoms with Crippen LogP contribution >= 0.6 is 11.3 Å². The Labute approximate surface area is 173 Å². The van der Waals surface area contributed by atoms with Crippen molar-refractivity contribution in [2.75, 3.05) is 31.6 Å². The van der Waals surface area contributed by atoms with Gasteiger partial charge in [0.1, 0.15) is 5.76 Å². The molecule has 150 valence electrons. The van der Waals surface area contributed by atoms with Crippen LogP contribution in [-0.4, -0.2) is 37.1 Å². The van der Waals surface area contributed by atoms with Crippen molar-refractivity contribution in [3.8, 4) is 11.5 Å². The van der Waals surface area contributed by atoms with Gasteiger partial charge in [0.2, 0.25) is 5.91 Å². The highest BCUT2D eigenvalue weighted by Gasteiger charge is 2.32. The Balaban J connectivity index is 1.32. The fourth-order valence-electron chi connectivity index (χ4n) is 3.94. The summed E-state index contributed by atoms with van der Waals surface area (Å²) in [5.74, 6) is 2.21. The molecule has 0 bridgehead atoms. The van der Waals surface area contributed by atoms with E-state index in [4.69, 9.17) is 13.9 Å². The Morgan fingerprint density at radius 2 is 2.07 bits per heavy atom. The number of ether oxygens (including phenoxy) is 2. The number of thiophene rings is 1. The Kier molecular flexibility index (Phi) is 4.99. The molecule has 0 saturated heterocycles. The average molecular weight is 410 g/mol. The maximum atomic E-state index is 12.8. The standard InChI is InChI=1S/C22H22N2O4S/c25-21(23-15-4-5-17-19(13-15)28-11-2-10-26-17)14-24-8-6-20-16(7-12-29-20)22(24)18-3-1-9-27-18/h1,3-5,7,9,12-13,22H,2,6,8,10-11,14H2,(H,23,25)/t22-/m0/s1. The van der Waals surface area contributed by atoms with E-state index in [1.807, 2.05) is 30.3 Å². The minimum atomic E-state index is -0.0604. The second-order valence-corrected chi connectivity index (χ2v) is 8.20. The summed E-state index contributed by atoms with van der Waals surface area (Å²) >= 11 is 1.77. The Hall–Kier alpha value is -2.77. The summed E-state index contributed by atoms with van der Waals surface area (Å²) in [6, 6.07) is 11.5. The first-order valence-electron chi connectivity index (χ1n) is 9.81. The summed E-state index contributed by atoms with van der Waals surface area (Å²) in [6.45, 7) is 2.36. The number of amides is 1. The van der Waals surface area contributed by atoms with Gasteiger partial charge in [-0.25, -0.2) is 0 Å². The van der Waals surface area contributed by atoms with Gasteiger partial charge in [0.05, 0.1) is 32.1 Å². The van der Waals surface area contributed by atoms with Gasteiger partial charge in [-0.2, -0.15) is 0 Å². The highest BCUT2D eigenvalue weighted by Crippen LogP contribution is 2.38. The number of carbonyl (C=O) groups is 1. The van der Waals surface area contributed by atoms with Crippen molar-refractivity contribution >= 4 is 22.9 Å². The number of nitrogens with zero attached hydrogens (tertiary/aromatic N) is 1. The number of anilines is 1. The van der Waals surface area contributed by atoms with Crippen LogP contribution in [0.1, 0.15) is 28.7 Å². The zero-order valence-electron chi connectivity index (χ0n) is 15.9. The van der Waals surface area contributed by atoms with Crippen LogP contribution in [0.5, 0.6) is 11.5 Å². The molecule has 2 aromatic heterocycles. The van der Waals surface area contributed by atoms with Crippen molar-refractivity contribution in [2.24, 2.45) is 0 Å². The van der Waals surface area contributed by atoms with Crippen molar-refractivity contribution in [3.05, 3.63) is 64.2 Å². The maximum absolute atomic E-state index is 12.8. The molecule has 2 aliphatic heterocycles. The number of rotatable bonds is 4. The molecular weight excluding hydrogens is 388 g/mol. The summed E-state index contributed by atoms with van der Waals surface area (Å²) in [7, 11) is 0. The SMILES string of the molecule is O=C(CN1CCc2sccc2[C@H]1c1ccco1)Nc1ccc2c(c1)OCCCO2. The van der Waals surface area contributed by atoms with Gasteiger partial charge in [0, 0.05) is 29.6 Å². The van der Waals surface area contributed by atoms with Gasteiger partial charge < -0.3 is 19.2 Å². The molecule has 0 radical (unpaired) electrons. The minimum absolute atomic E-state index is 0.0328. The maximum Gasteiger partial charge on any atom is 0.238 e. The second kappa shape index (κ2) is 7.93. The topological polar surface area (TPSA) is 63.9 Å². The highest BCUT2D eigenvalue weighted by atomic mass is 32.1. The molecule has 1 atom stereocenters. The second-order valence-electron chi connectivity index (χ2n) is 7.20.